The van der Waals surface area contributed by atoms with Gasteiger partial charge in [-0.05, 0) is 66.5 Å². The van der Waals surface area contributed by atoms with Crippen molar-refractivity contribution >= 4 is 49.5 Å². The van der Waals surface area contributed by atoms with Crippen molar-refractivity contribution in [1.29, 1.82) is 0 Å². The number of aromatic nitrogens is 3. The van der Waals surface area contributed by atoms with E-state index in [9.17, 15) is 9.90 Å². The van der Waals surface area contributed by atoms with Crippen LogP contribution in [-0.2, 0) is 31.3 Å². The molecule has 0 bridgehead atoms. The third-order valence-electron chi connectivity index (χ3n) is 10.4. The van der Waals surface area contributed by atoms with Gasteiger partial charge in [0.25, 0.3) is 0 Å². The molecule has 0 aliphatic heterocycles. The summed E-state index contributed by atoms with van der Waals surface area (Å²) in [5.74, 6) is 0.848. The molecule has 0 fully saturated rings. The second-order valence-corrected chi connectivity index (χ2v) is 13.8. The van der Waals surface area contributed by atoms with Crippen molar-refractivity contribution in [1.82, 2.24) is 15.0 Å². The van der Waals surface area contributed by atoms with Crippen LogP contribution in [0.15, 0.2) is 83.4 Å². The molecule has 0 saturated heterocycles. The molecule has 0 aliphatic rings. The second kappa shape index (κ2) is 15.7. The maximum atomic E-state index is 12.2. The molecule has 0 saturated carbocycles. The summed E-state index contributed by atoms with van der Waals surface area (Å²) in [4.78, 5) is 26.0. The van der Waals surface area contributed by atoms with Crippen molar-refractivity contribution in [3.63, 3.8) is 0 Å². The number of carbonyl (C=O) groups is 1. The Morgan fingerprint density at radius 2 is 1.59 bits per heavy atom. The Labute approximate surface area is 303 Å². The van der Waals surface area contributed by atoms with Crippen LogP contribution in [-0.4, -0.2) is 25.8 Å². The first kappa shape index (κ1) is 37.9. The minimum atomic E-state index is -0.337. The molecule has 7 heteroatoms. The number of carbonyl (C=O) groups excluding carboxylic acids is 1. The molecule has 0 spiro atoms. The molecule has 1 N–H and O–H groups in total. The molecule has 0 amide bonds. The van der Waals surface area contributed by atoms with Gasteiger partial charge in [-0.25, -0.2) is 9.97 Å². The third-order valence-corrected chi connectivity index (χ3v) is 10.4. The van der Waals surface area contributed by atoms with Crippen molar-refractivity contribution < 1.29 is 34.4 Å². The summed E-state index contributed by atoms with van der Waals surface area (Å²) in [5, 5.41) is 15.6. The molecule has 259 valence electrons. The van der Waals surface area contributed by atoms with E-state index in [1.807, 2.05) is 65.8 Å². The zero-order chi connectivity index (χ0) is 34.6. The fourth-order valence-electron chi connectivity index (χ4n) is 6.22. The largest absolute Gasteiger partial charge is 0.512 e. The average Bonchev–Trinajstić information content (AvgIpc) is 3.49. The molecule has 3 aromatic carbocycles. The van der Waals surface area contributed by atoms with E-state index in [0.29, 0.717) is 11.6 Å². The zero-order valence-electron chi connectivity index (χ0n) is 30.0. The molecule has 6 aromatic rings. The van der Waals surface area contributed by atoms with Crippen molar-refractivity contribution in [3.8, 4) is 11.3 Å². The first-order valence-electron chi connectivity index (χ1n) is 17.3. The Bertz CT molecular complexity index is 2110. The van der Waals surface area contributed by atoms with Gasteiger partial charge in [-0.3, -0.25) is 9.78 Å². The number of aliphatic hydroxyl groups is 1. The van der Waals surface area contributed by atoms with E-state index in [-0.39, 0.29) is 42.5 Å². The van der Waals surface area contributed by atoms with Gasteiger partial charge < -0.3 is 9.52 Å². The molecule has 6 rings (SSSR count). The maximum Gasteiger partial charge on any atom is 0.216 e. The van der Waals surface area contributed by atoms with E-state index in [4.69, 9.17) is 9.40 Å². The predicted octanol–water partition coefficient (Wildman–Crippen LogP) is 11.4. The molecule has 0 aliphatic carbocycles. The fraction of sp³-hybridized carbons (Fsp3) is 0.381. The van der Waals surface area contributed by atoms with Gasteiger partial charge in [-0.15, -0.1) is 18.2 Å². The van der Waals surface area contributed by atoms with Gasteiger partial charge >= 0.3 is 0 Å². The van der Waals surface area contributed by atoms with Crippen LogP contribution < -0.4 is 0 Å². The Kier molecular flexibility index (Phi) is 12.2. The molecular formula is C42H48IrN3O3-. The molecular weight excluding hydrogens is 787 g/mol. The van der Waals surface area contributed by atoms with Crippen LogP contribution in [0.4, 0.5) is 0 Å². The van der Waals surface area contributed by atoms with Crippen LogP contribution in [0.25, 0.3) is 55.0 Å². The maximum absolute atomic E-state index is 12.2. The zero-order valence-corrected chi connectivity index (χ0v) is 32.4. The smallest absolute Gasteiger partial charge is 0.216 e. The molecule has 49 heavy (non-hydrogen) atoms. The fourth-order valence-corrected chi connectivity index (χ4v) is 6.22. The molecule has 3 aromatic heterocycles. The third kappa shape index (κ3) is 7.49. The number of fused-ring (bicyclic) bond motifs is 6. The number of pyridine rings is 1. The van der Waals surface area contributed by atoms with Gasteiger partial charge in [-0.2, -0.15) is 0 Å². The summed E-state index contributed by atoms with van der Waals surface area (Å²) in [6.07, 6.45) is 9.16. The normalized spacial score (nSPS) is 12.4. The second-order valence-electron chi connectivity index (χ2n) is 13.8. The van der Waals surface area contributed by atoms with E-state index in [2.05, 4.69) is 60.2 Å². The average molecular weight is 835 g/mol. The van der Waals surface area contributed by atoms with Gasteiger partial charge in [-0.1, -0.05) is 96.7 Å². The molecule has 1 radical (unpaired) electrons. The van der Waals surface area contributed by atoms with Crippen molar-refractivity contribution in [2.24, 2.45) is 16.7 Å². The molecule has 3 heterocycles. The molecule has 0 unspecified atom stereocenters. The van der Waals surface area contributed by atoms with Crippen molar-refractivity contribution in [2.45, 2.75) is 87.5 Å². The van der Waals surface area contributed by atoms with E-state index < -0.39 is 0 Å². The monoisotopic (exact) mass is 835 g/mol. The summed E-state index contributed by atoms with van der Waals surface area (Å²) in [5.41, 5.74) is 4.73. The Morgan fingerprint density at radius 3 is 2.27 bits per heavy atom. The SMILES string of the molecule is CC(C)Cc1cccc2ccc3c(-c4[c-]ccc5c4oc4ncccc45)ncnc3c12.CCC(C)(CC)C(=O)/C=C(\O)C(C)(CC)CC.[Ir]. The summed E-state index contributed by atoms with van der Waals surface area (Å²) >= 11 is 0. The predicted molar refractivity (Wildman–Crippen MR) is 198 cm³/mol. The number of furan rings is 1. The van der Waals surface area contributed by atoms with E-state index in [1.54, 1.807) is 12.5 Å². The number of nitrogens with zero attached hydrogens (tertiary/aromatic N) is 3. The Hall–Kier alpha value is -3.93. The van der Waals surface area contributed by atoms with E-state index in [0.717, 1.165) is 70.6 Å². The molecule has 6 nitrogen and oxygen atoms in total. The van der Waals surface area contributed by atoms with Gasteiger partial charge in [0.2, 0.25) is 5.71 Å². The number of ketones is 1. The van der Waals surface area contributed by atoms with E-state index in [1.165, 1.54) is 22.4 Å². The first-order chi connectivity index (χ1) is 23.0. The Morgan fingerprint density at radius 1 is 0.878 bits per heavy atom. The number of allylic oxidation sites excluding steroid dienone is 2. The van der Waals surface area contributed by atoms with Crippen LogP contribution >= 0.6 is 0 Å². The first-order valence-corrected chi connectivity index (χ1v) is 17.3. The van der Waals surface area contributed by atoms with Crippen molar-refractivity contribution in [3.05, 3.63) is 90.6 Å². The minimum Gasteiger partial charge on any atom is -0.512 e. The Balaban J connectivity index is 0.000000260. The topological polar surface area (TPSA) is 89.1 Å². The standard InChI is InChI=1S/C27H20N3O.C15H28O2.Ir/c1-16(2)14-18-7-3-6-17-11-12-21-24(29-15-30-25(21)23(17)18)22-9-4-8-19-20-10-5-13-28-27(20)31-26(19)22;1-7-14(5,8-2)12(16)11-13(17)15(6,9-3)10-4;/h3-8,10-13,15-16H,14H2,1-2H3;11,16H,7-10H2,1-6H3;/q-1;;/b;12-11-;. The summed E-state index contributed by atoms with van der Waals surface area (Å²) in [6, 6.07) is 22.0. The summed E-state index contributed by atoms with van der Waals surface area (Å²) in [7, 11) is 0. The van der Waals surface area contributed by atoms with Gasteiger partial charge in [0, 0.05) is 59.7 Å². The van der Waals surface area contributed by atoms with Crippen LogP contribution in [0.1, 0.15) is 86.6 Å². The van der Waals surface area contributed by atoms with Crippen LogP contribution in [0.5, 0.6) is 0 Å². The van der Waals surface area contributed by atoms with Gasteiger partial charge in [0.05, 0.1) is 11.1 Å². The van der Waals surface area contributed by atoms with Crippen LogP contribution in [0.2, 0.25) is 0 Å². The number of hydrogen-bond donors (Lipinski definition) is 1. The van der Waals surface area contributed by atoms with E-state index >= 15 is 0 Å². The quantitative estimate of drug-likeness (QED) is 0.0640. The summed E-state index contributed by atoms with van der Waals surface area (Å²) < 4.78 is 6.15. The number of hydrogen-bond acceptors (Lipinski definition) is 6. The minimum absolute atomic E-state index is 0. The van der Waals surface area contributed by atoms with Crippen LogP contribution in [0.3, 0.4) is 0 Å². The van der Waals surface area contributed by atoms with Gasteiger partial charge in [0.1, 0.15) is 12.1 Å². The van der Waals surface area contributed by atoms with Crippen molar-refractivity contribution in [2.75, 3.05) is 0 Å². The van der Waals surface area contributed by atoms with Gasteiger partial charge in [0.15, 0.2) is 5.78 Å². The number of aliphatic hydroxyl groups excluding tert-OH is 1. The molecule has 0 atom stereocenters. The number of benzene rings is 3. The summed E-state index contributed by atoms with van der Waals surface area (Å²) in [6.45, 7) is 16.6. The number of rotatable bonds is 10. The van der Waals surface area contributed by atoms with Crippen LogP contribution in [0, 0.1) is 22.8 Å².